The smallest absolute Gasteiger partial charge is 0.254 e. The van der Waals surface area contributed by atoms with Gasteiger partial charge in [0.25, 0.3) is 11.8 Å². The Morgan fingerprint density at radius 1 is 1.25 bits per heavy atom. The number of aliphatic hydroxyl groups excluding tert-OH is 2. The molecule has 1 aromatic heterocycles. The van der Waals surface area contributed by atoms with Crippen LogP contribution in [0, 0.1) is 5.92 Å². The minimum atomic E-state index is -1.76. The number of hydrogen-bond donors (Lipinski definition) is 3. The van der Waals surface area contributed by atoms with Gasteiger partial charge < -0.3 is 20.4 Å². The molecule has 0 bridgehead atoms. The third-order valence-electron chi connectivity index (χ3n) is 5.85. The minimum absolute atomic E-state index is 0.0396. The van der Waals surface area contributed by atoms with Crippen LogP contribution < -0.4 is 5.32 Å². The molecule has 0 aromatic carbocycles. The highest BCUT2D eigenvalue weighted by Gasteiger charge is 2.41. The van der Waals surface area contributed by atoms with E-state index >= 15 is 0 Å². The Bertz CT molecular complexity index is 657. The van der Waals surface area contributed by atoms with Crippen LogP contribution in [0.4, 0.5) is 0 Å². The second-order valence-electron chi connectivity index (χ2n) is 7.78. The predicted molar refractivity (Wildman–Crippen MR) is 109 cm³/mol. The van der Waals surface area contributed by atoms with Crippen LogP contribution in [0.2, 0.25) is 0 Å². The molecule has 2 heterocycles. The van der Waals surface area contributed by atoms with Gasteiger partial charge in [0.15, 0.2) is 12.2 Å². The zero-order valence-corrected chi connectivity index (χ0v) is 17.5. The maximum atomic E-state index is 12.8. The van der Waals surface area contributed by atoms with E-state index in [0.29, 0.717) is 25.4 Å². The van der Waals surface area contributed by atoms with Gasteiger partial charge in [-0.3, -0.25) is 9.59 Å². The monoisotopic (exact) mass is 428 g/mol. The van der Waals surface area contributed by atoms with E-state index in [2.05, 4.69) is 5.32 Å². The van der Waals surface area contributed by atoms with Crippen LogP contribution in [0.3, 0.4) is 0 Å². The number of thiophene rings is 1. The summed E-state index contributed by atoms with van der Waals surface area (Å²) >= 11 is 7.90. The van der Waals surface area contributed by atoms with Gasteiger partial charge in [0.2, 0.25) is 0 Å². The van der Waals surface area contributed by atoms with Gasteiger partial charge in [0.1, 0.15) is 0 Å². The molecule has 2 unspecified atom stereocenters. The maximum Gasteiger partial charge on any atom is 0.254 e. The highest BCUT2D eigenvalue weighted by atomic mass is 35.5. The molecule has 0 radical (unpaired) electrons. The summed E-state index contributed by atoms with van der Waals surface area (Å²) in [7, 11) is 0. The van der Waals surface area contributed by atoms with Crippen molar-refractivity contribution in [1.29, 1.82) is 0 Å². The quantitative estimate of drug-likeness (QED) is 0.579. The summed E-state index contributed by atoms with van der Waals surface area (Å²) in [4.78, 5) is 27.7. The predicted octanol–water partition coefficient (Wildman–Crippen LogP) is 1.92. The minimum Gasteiger partial charge on any atom is -0.380 e. The lowest BCUT2D eigenvalue weighted by molar-refractivity contribution is -0.154. The van der Waals surface area contributed by atoms with Crippen molar-refractivity contribution in [3.8, 4) is 0 Å². The van der Waals surface area contributed by atoms with E-state index in [1.807, 2.05) is 17.5 Å². The summed E-state index contributed by atoms with van der Waals surface area (Å²) in [5.74, 6) is -0.946. The normalized spacial score (nSPS) is 27.4. The number of alkyl halides is 1. The molecule has 2 amide bonds. The molecule has 1 saturated heterocycles. The van der Waals surface area contributed by atoms with Gasteiger partial charge in [-0.1, -0.05) is 12.5 Å². The van der Waals surface area contributed by atoms with E-state index in [1.54, 1.807) is 16.2 Å². The van der Waals surface area contributed by atoms with Crippen molar-refractivity contribution in [2.24, 2.45) is 5.92 Å². The van der Waals surface area contributed by atoms with Crippen molar-refractivity contribution in [3.63, 3.8) is 0 Å². The first-order valence-corrected chi connectivity index (χ1v) is 11.4. The number of carbonyl (C=O) groups excluding carboxylic acids is 2. The van der Waals surface area contributed by atoms with Crippen LogP contribution in [0.1, 0.15) is 43.4 Å². The van der Waals surface area contributed by atoms with Crippen LogP contribution >= 0.6 is 22.9 Å². The Kier molecular flexibility index (Phi) is 7.74. The van der Waals surface area contributed by atoms with Crippen molar-refractivity contribution >= 4 is 34.8 Å². The van der Waals surface area contributed by atoms with Gasteiger partial charge in [0.05, 0.1) is 0 Å². The van der Waals surface area contributed by atoms with E-state index in [4.69, 9.17) is 11.6 Å². The first-order valence-electron chi connectivity index (χ1n) is 10.1. The molecular weight excluding hydrogens is 400 g/mol. The number of nitrogens with zero attached hydrogens (tertiary/aromatic N) is 1. The highest BCUT2D eigenvalue weighted by molar-refractivity contribution is 7.09. The van der Waals surface area contributed by atoms with E-state index in [0.717, 1.165) is 43.4 Å². The van der Waals surface area contributed by atoms with Crippen LogP contribution in [0.5, 0.6) is 0 Å². The fraction of sp³-hybridized carbons (Fsp3) is 0.700. The van der Waals surface area contributed by atoms with Gasteiger partial charge in [-0.25, -0.2) is 0 Å². The lowest BCUT2D eigenvalue weighted by Gasteiger charge is -2.36. The molecule has 156 valence electrons. The molecule has 3 rings (SSSR count). The molecule has 1 aliphatic heterocycles. The van der Waals surface area contributed by atoms with Crippen molar-refractivity contribution in [1.82, 2.24) is 10.2 Å². The highest BCUT2D eigenvalue weighted by Crippen LogP contribution is 2.36. The Morgan fingerprint density at radius 3 is 2.79 bits per heavy atom. The number of carbonyl (C=O) groups is 2. The first-order chi connectivity index (χ1) is 13.5. The molecule has 0 spiro atoms. The zero-order chi connectivity index (χ0) is 20.1. The van der Waals surface area contributed by atoms with Crippen molar-refractivity contribution in [2.45, 2.75) is 68.6 Å². The molecule has 2 aliphatic rings. The molecule has 1 aromatic rings. The maximum absolute atomic E-state index is 12.8. The molecule has 3 N–H and O–H groups in total. The second kappa shape index (κ2) is 10.1. The Balaban J connectivity index is 1.52. The second-order valence-corrected chi connectivity index (χ2v) is 9.42. The number of rotatable bonds is 7. The number of hydrogen-bond acceptors (Lipinski definition) is 5. The third kappa shape index (κ3) is 5.26. The third-order valence-corrected chi connectivity index (χ3v) is 7.18. The molecule has 8 heteroatoms. The average molecular weight is 429 g/mol. The lowest BCUT2D eigenvalue weighted by atomic mass is 9.82. The fourth-order valence-electron chi connectivity index (χ4n) is 4.39. The van der Waals surface area contributed by atoms with Gasteiger partial charge in [0, 0.05) is 29.4 Å². The molecule has 28 heavy (non-hydrogen) atoms. The van der Waals surface area contributed by atoms with Crippen molar-refractivity contribution in [2.75, 3.05) is 13.1 Å². The lowest BCUT2D eigenvalue weighted by Crippen LogP contribution is -2.53. The van der Waals surface area contributed by atoms with Crippen LogP contribution in [0.15, 0.2) is 17.5 Å². The van der Waals surface area contributed by atoms with E-state index < -0.39 is 24.0 Å². The standard InChI is InChI=1S/C20H29ClN2O4S/c21-14-5-1-4-13(12-14)16-7-2-10-23(16)20(27)18(25)17(24)19(26)22-9-8-15-6-3-11-28-15/h3,6,11,13-14,16-18,24-25H,1-2,4-5,7-10,12H2,(H,22,26)/t13?,14?,16-,17+,18+/m0/s1. The van der Waals surface area contributed by atoms with Crippen molar-refractivity contribution in [3.05, 3.63) is 22.4 Å². The summed E-state index contributed by atoms with van der Waals surface area (Å²) in [5, 5.41) is 25.2. The zero-order valence-electron chi connectivity index (χ0n) is 15.9. The summed E-state index contributed by atoms with van der Waals surface area (Å²) in [6, 6.07) is 3.94. The van der Waals surface area contributed by atoms with E-state index in [1.165, 1.54) is 0 Å². The number of amides is 2. The molecule has 5 atom stereocenters. The number of nitrogens with one attached hydrogen (secondary N) is 1. The molecule has 1 aliphatic carbocycles. The van der Waals surface area contributed by atoms with Crippen molar-refractivity contribution < 1.29 is 19.8 Å². The summed E-state index contributed by atoms with van der Waals surface area (Å²) in [5.41, 5.74) is 0. The average Bonchev–Trinajstić information content (AvgIpc) is 3.38. The summed E-state index contributed by atoms with van der Waals surface area (Å²) < 4.78 is 0. The Hall–Kier alpha value is -1.15. The number of halogens is 1. The summed E-state index contributed by atoms with van der Waals surface area (Å²) in [6.45, 7) is 0.902. The van der Waals surface area contributed by atoms with Crippen LogP contribution in [0.25, 0.3) is 0 Å². The van der Waals surface area contributed by atoms with Gasteiger partial charge in [-0.05, 0) is 55.9 Å². The number of likely N-dealkylation sites (tertiary alicyclic amines) is 1. The fourth-order valence-corrected chi connectivity index (χ4v) is 5.48. The van der Waals surface area contributed by atoms with E-state index in [-0.39, 0.29) is 11.4 Å². The molecule has 1 saturated carbocycles. The first kappa shape index (κ1) is 21.6. The molecule has 2 fully saturated rings. The van der Waals surface area contributed by atoms with E-state index in [9.17, 15) is 19.8 Å². The Morgan fingerprint density at radius 2 is 2.07 bits per heavy atom. The topological polar surface area (TPSA) is 89.9 Å². The molecular formula is C20H29ClN2O4S. The van der Waals surface area contributed by atoms with Gasteiger partial charge >= 0.3 is 0 Å². The van der Waals surface area contributed by atoms with Gasteiger partial charge in [-0.2, -0.15) is 0 Å². The van der Waals surface area contributed by atoms with Gasteiger partial charge in [-0.15, -0.1) is 22.9 Å². The van der Waals surface area contributed by atoms with Crippen LogP contribution in [-0.4, -0.2) is 63.6 Å². The SMILES string of the molecule is O=C(NCCc1cccs1)[C@H](O)[C@@H](O)C(=O)N1CCC[C@H]1C1CCCC(Cl)C1. The summed E-state index contributed by atoms with van der Waals surface area (Å²) in [6.07, 6.45) is 2.86. The van der Waals surface area contributed by atoms with Crippen LogP contribution in [-0.2, 0) is 16.0 Å². The largest absolute Gasteiger partial charge is 0.380 e. The number of aliphatic hydroxyl groups is 2. The molecule has 6 nitrogen and oxygen atoms in total. The Labute approximate surface area is 174 Å².